The molecule has 0 aliphatic heterocycles. The first-order valence-corrected chi connectivity index (χ1v) is 3.88. The Hall–Kier alpha value is -1.11. The van der Waals surface area contributed by atoms with Gasteiger partial charge in [-0.1, -0.05) is 11.3 Å². The zero-order valence-corrected chi connectivity index (χ0v) is 7.20. The first-order valence-electron chi connectivity index (χ1n) is 3.06. The van der Waals surface area contributed by atoms with Crippen molar-refractivity contribution in [2.45, 2.75) is 6.18 Å². The number of methoxy groups -OCH3 is 1. The van der Waals surface area contributed by atoms with Crippen molar-refractivity contribution in [2.75, 3.05) is 7.11 Å². The highest BCUT2D eigenvalue weighted by Gasteiger charge is 2.40. The van der Waals surface area contributed by atoms with E-state index in [1.807, 2.05) is 0 Å². The molecule has 0 aromatic carbocycles. The van der Waals surface area contributed by atoms with E-state index >= 15 is 0 Å². The van der Waals surface area contributed by atoms with Gasteiger partial charge < -0.3 is 4.74 Å². The van der Waals surface area contributed by atoms with Crippen molar-refractivity contribution in [3.63, 3.8) is 0 Å². The normalized spacial score (nSPS) is 11.4. The average molecular weight is 211 g/mol. The van der Waals surface area contributed by atoms with Crippen LogP contribution in [0.4, 0.5) is 13.2 Å². The molecule has 13 heavy (non-hydrogen) atoms. The molecule has 0 spiro atoms. The van der Waals surface area contributed by atoms with Crippen LogP contribution in [0.2, 0.25) is 0 Å². The Morgan fingerprint density at radius 3 is 2.62 bits per heavy atom. The quantitative estimate of drug-likeness (QED) is 0.701. The molecular weight excluding hydrogens is 207 g/mol. The minimum atomic E-state index is -4.85. The minimum absolute atomic E-state index is 0.0348. The van der Waals surface area contributed by atoms with E-state index in [-0.39, 0.29) is 5.19 Å². The van der Waals surface area contributed by atoms with Gasteiger partial charge in [0.1, 0.15) is 4.88 Å². The van der Waals surface area contributed by atoms with E-state index in [1.165, 1.54) is 7.11 Å². The van der Waals surface area contributed by atoms with Crippen LogP contribution in [0, 0.1) is 0 Å². The van der Waals surface area contributed by atoms with Crippen molar-refractivity contribution in [3.05, 3.63) is 11.1 Å². The number of ketones is 1. The molecule has 0 aliphatic carbocycles. The van der Waals surface area contributed by atoms with Crippen LogP contribution in [0.15, 0.2) is 6.20 Å². The topological polar surface area (TPSA) is 39.2 Å². The number of hydrogen-bond donors (Lipinski definition) is 0. The Morgan fingerprint density at radius 1 is 1.62 bits per heavy atom. The lowest BCUT2D eigenvalue weighted by Gasteiger charge is -2.00. The van der Waals surface area contributed by atoms with E-state index in [2.05, 4.69) is 9.72 Å². The highest BCUT2D eigenvalue weighted by atomic mass is 32.1. The molecular formula is C6H4F3NO2S. The fraction of sp³-hybridized carbons (Fsp3) is 0.333. The molecule has 1 heterocycles. The first kappa shape index (κ1) is 9.97. The number of carbonyl (C=O) groups is 1. The van der Waals surface area contributed by atoms with Gasteiger partial charge in [-0.2, -0.15) is 13.2 Å². The Morgan fingerprint density at radius 2 is 2.23 bits per heavy atom. The molecule has 1 aromatic heterocycles. The van der Waals surface area contributed by atoms with Gasteiger partial charge in [0.2, 0.25) is 0 Å². The summed E-state index contributed by atoms with van der Waals surface area (Å²) in [6.07, 6.45) is -4.00. The summed E-state index contributed by atoms with van der Waals surface area (Å²) in [4.78, 5) is 13.6. The van der Waals surface area contributed by atoms with Gasteiger partial charge in [-0.05, 0) is 0 Å². The van der Waals surface area contributed by atoms with Gasteiger partial charge >= 0.3 is 6.18 Å². The molecule has 0 saturated carbocycles. The number of rotatable bonds is 2. The van der Waals surface area contributed by atoms with Crippen LogP contribution in [-0.4, -0.2) is 24.1 Å². The number of hydrogen-bond acceptors (Lipinski definition) is 4. The Kier molecular flexibility index (Phi) is 2.55. The third-order valence-corrected chi connectivity index (χ3v) is 2.10. The smallest absolute Gasteiger partial charge is 0.455 e. The molecule has 0 bridgehead atoms. The maximum absolute atomic E-state index is 11.8. The molecule has 0 unspecified atom stereocenters. The van der Waals surface area contributed by atoms with E-state index < -0.39 is 16.8 Å². The second kappa shape index (κ2) is 3.33. The summed E-state index contributed by atoms with van der Waals surface area (Å²) in [7, 11) is 1.26. The summed E-state index contributed by atoms with van der Waals surface area (Å²) in [5, 5.41) is 0.0348. The van der Waals surface area contributed by atoms with Crippen molar-refractivity contribution < 1.29 is 22.7 Å². The molecule has 7 heteroatoms. The Bertz CT molecular complexity index is 320. The summed E-state index contributed by atoms with van der Waals surface area (Å²) >= 11 is 0.565. The minimum Gasteiger partial charge on any atom is -0.473 e. The average Bonchev–Trinajstić information content (AvgIpc) is 2.48. The highest BCUT2D eigenvalue weighted by Crippen LogP contribution is 2.27. The number of nitrogens with zero attached hydrogens (tertiary/aromatic N) is 1. The lowest BCUT2D eigenvalue weighted by molar-refractivity contribution is -0.0882. The maximum Gasteiger partial charge on any atom is 0.455 e. The van der Waals surface area contributed by atoms with Gasteiger partial charge in [-0.25, -0.2) is 4.98 Å². The summed E-state index contributed by atoms with van der Waals surface area (Å²) in [6.45, 7) is 0. The summed E-state index contributed by atoms with van der Waals surface area (Å²) in [5.74, 6) is -1.90. The molecule has 0 fully saturated rings. The highest BCUT2D eigenvalue weighted by molar-refractivity contribution is 7.15. The van der Waals surface area contributed by atoms with E-state index in [0.717, 1.165) is 6.20 Å². The van der Waals surface area contributed by atoms with Gasteiger partial charge in [0.15, 0.2) is 0 Å². The standard InChI is InChI=1S/C6H4F3NO2S/c1-12-5-10-2-3(13-5)4(11)6(7,8)9/h2H,1H3. The molecule has 0 N–H and O–H groups in total. The van der Waals surface area contributed by atoms with Gasteiger partial charge in [0.05, 0.1) is 13.3 Å². The Labute approximate surface area is 75.2 Å². The van der Waals surface area contributed by atoms with E-state index in [1.54, 1.807) is 0 Å². The molecule has 0 amide bonds. The summed E-state index contributed by atoms with van der Waals surface area (Å²) < 4.78 is 40.1. The number of Topliss-reactive ketones (excluding diaryl/α,β-unsaturated/α-hetero) is 1. The zero-order valence-electron chi connectivity index (χ0n) is 6.38. The second-order valence-corrected chi connectivity index (χ2v) is 3.01. The predicted molar refractivity (Wildman–Crippen MR) is 39.1 cm³/mol. The van der Waals surface area contributed by atoms with Crippen molar-refractivity contribution in [2.24, 2.45) is 0 Å². The molecule has 0 radical (unpaired) electrons. The molecule has 0 saturated heterocycles. The molecule has 3 nitrogen and oxygen atoms in total. The molecule has 1 aromatic rings. The SMILES string of the molecule is COc1ncc(C(=O)C(F)(F)F)s1. The van der Waals surface area contributed by atoms with Crippen LogP contribution in [0.5, 0.6) is 5.19 Å². The van der Waals surface area contributed by atoms with Gasteiger partial charge in [0.25, 0.3) is 11.0 Å². The van der Waals surface area contributed by atoms with Crippen LogP contribution < -0.4 is 4.74 Å². The molecule has 0 atom stereocenters. The number of thiazole rings is 1. The fourth-order valence-electron chi connectivity index (χ4n) is 0.597. The largest absolute Gasteiger partial charge is 0.473 e. The first-order chi connectivity index (χ1) is 5.95. The van der Waals surface area contributed by atoms with Crippen LogP contribution in [0.3, 0.4) is 0 Å². The van der Waals surface area contributed by atoms with E-state index in [4.69, 9.17) is 0 Å². The number of aromatic nitrogens is 1. The van der Waals surface area contributed by atoms with Crippen LogP contribution in [0.25, 0.3) is 0 Å². The third kappa shape index (κ3) is 2.18. The molecule has 1 rings (SSSR count). The predicted octanol–water partition coefficient (Wildman–Crippen LogP) is 1.90. The van der Waals surface area contributed by atoms with Crippen LogP contribution >= 0.6 is 11.3 Å². The van der Waals surface area contributed by atoms with E-state index in [9.17, 15) is 18.0 Å². The monoisotopic (exact) mass is 211 g/mol. The van der Waals surface area contributed by atoms with Crippen LogP contribution in [-0.2, 0) is 0 Å². The van der Waals surface area contributed by atoms with Crippen molar-refractivity contribution >= 4 is 17.1 Å². The van der Waals surface area contributed by atoms with Gasteiger partial charge in [-0.15, -0.1) is 0 Å². The lowest BCUT2D eigenvalue weighted by Crippen LogP contribution is -2.21. The van der Waals surface area contributed by atoms with Crippen molar-refractivity contribution in [3.8, 4) is 5.19 Å². The van der Waals surface area contributed by atoms with Gasteiger partial charge in [0, 0.05) is 0 Å². The molecule has 0 aliphatic rings. The van der Waals surface area contributed by atoms with Gasteiger partial charge in [-0.3, -0.25) is 4.79 Å². The van der Waals surface area contributed by atoms with Crippen LogP contribution in [0.1, 0.15) is 9.67 Å². The number of carbonyl (C=O) groups excluding carboxylic acids is 1. The number of alkyl halides is 3. The maximum atomic E-state index is 11.8. The van der Waals surface area contributed by atoms with Crippen molar-refractivity contribution in [1.82, 2.24) is 4.98 Å². The zero-order chi connectivity index (χ0) is 10.1. The summed E-state index contributed by atoms with van der Waals surface area (Å²) in [5.41, 5.74) is 0. The number of ether oxygens (including phenoxy) is 1. The van der Waals surface area contributed by atoms with E-state index in [0.29, 0.717) is 11.3 Å². The second-order valence-electron chi connectivity index (χ2n) is 2.02. The molecule has 72 valence electrons. The number of halogens is 3. The lowest BCUT2D eigenvalue weighted by atomic mass is 10.3. The third-order valence-electron chi connectivity index (χ3n) is 1.14. The van der Waals surface area contributed by atoms with Crippen molar-refractivity contribution in [1.29, 1.82) is 0 Å². The summed E-state index contributed by atoms with van der Waals surface area (Å²) in [6, 6.07) is 0. The fourth-order valence-corrected chi connectivity index (χ4v) is 1.29. The Balaban J connectivity index is 2.90.